The monoisotopic (exact) mass is 480 g/mol. The maximum atomic E-state index is 12.8. The van der Waals surface area contributed by atoms with Gasteiger partial charge in [0.25, 0.3) is 0 Å². The average Bonchev–Trinajstić information content (AvgIpc) is 3.28. The van der Waals surface area contributed by atoms with E-state index >= 15 is 0 Å². The Hall–Kier alpha value is -3.88. The van der Waals surface area contributed by atoms with Gasteiger partial charge < -0.3 is 25.9 Å². The molecule has 3 rings (SSSR count). The molecule has 0 saturated heterocycles. The number of amides is 3. The third-order valence-electron chi connectivity index (χ3n) is 5.49. The van der Waals surface area contributed by atoms with E-state index in [9.17, 15) is 14.4 Å². The average molecular weight is 481 g/mol. The molecule has 0 saturated carbocycles. The lowest BCUT2D eigenvalue weighted by Crippen LogP contribution is -2.42. The van der Waals surface area contributed by atoms with E-state index in [0.717, 1.165) is 11.3 Å². The zero-order chi connectivity index (χ0) is 25.2. The summed E-state index contributed by atoms with van der Waals surface area (Å²) in [6.45, 7) is 4.13. The molecular weight excluding hydrogens is 448 g/mol. The molecule has 2 aromatic rings. The molecule has 0 bridgehead atoms. The normalized spacial score (nSPS) is 15.6. The van der Waals surface area contributed by atoms with Crippen molar-refractivity contribution in [2.45, 2.75) is 58.1 Å². The highest BCUT2D eigenvalue weighted by molar-refractivity contribution is 5.99. The summed E-state index contributed by atoms with van der Waals surface area (Å²) in [5, 5.41) is 21.6. The van der Waals surface area contributed by atoms with Crippen LogP contribution in [-0.2, 0) is 20.8 Å². The van der Waals surface area contributed by atoms with E-state index in [1.807, 2.05) is 18.2 Å². The maximum Gasteiger partial charge on any atom is 0.323 e. The number of nitrogens with one attached hydrogen (secondary N) is 3. The highest BCUT2D eigenvalue weighted by atomic mass is 16.6. The van der Waals surface area contributed by atoms with Crippen LogP contribution in [0.5, 0.6) is 0 Å². The number of rotatable bonds is 11. The zero-order valence-electron chi connectivity index (χ0n) is 20.0. The van der Waals surface area contributed by atoms with Crippen LogP contribution in [0.25, 0.3) is 0 Å². The molecule has 186 valence electrons. The molecule has 3 amide bonds. The Morgan fingerprint density at radius 1 is 1.03 bits per heavy atom. The van der Waals surface area contributed by atoms with Crippen LogP contribution >= 0.6 is 0 Å². The Balaban J connectivity index is 1.51. The fourth-order valence-electron chi connectivity index (χ4n) is 3.80. The first-order valence-electron chi connectivity index (χ1n) is 11.7. The van der Waals surface area contributed by atoms with Gasteiger partial charge in [-0.3, -0.25) is 9.59 Å². The van der Waals surface area contributed by atoms with Crippen molar-refractivity contribution in [1.82, 2.24) is 5.32 Å². The number of carbonyl (C=O) groups excluding carboxylic acids is 2. The van der Waals surface area contributed by atoms with Crippen molar-refractivity contribution in [3.63, 3.8) is 0 Å². The van der Waals surface area contributed by atoms with Gasteiger partial charge in [0, 0.05) is 24.2 Å². The van der Waals surface area contributed by atoms with E-state index in [1.165, 1.54) is 0 Å². The first-order valence-corrected chi connectivity index (χ1v) is 11.7. The van der Waals surface area contributed by atoms with Crippen LogP contribution in [0, 0.1) is 5.92 Å². The molecule has 1 aliphatic rings. The highest BCUT2D eigenvalue weighted by Gasteiger charge is 2.29. The second kappa shape index (κ2) is 12.5. The number of urea groups is 1. The maximum absolute atomic E-state index is 12.8. The molecule has 9 nitrogen and oxygen atoms in total. The summed E-state index contributed by atoms with van der Waals surface area (Å²) in [5.74, 6) is -0.685. The van der Waals surface area contributed by atoms with E-state index in [1.54, 1.807) is 36.4 Å². The van der Waals surface area contributed by atoms with Gasteiger partial charge in [-0.05, 0) is 48.6 Å². The van der Waals surface area contributed by atoms with Crippen LogP contribution in [0.2, 0.25) is 0 Å². The first-order chi connectivity index (χ1) is 16.8. The molecule has 1 heterocycles. The third kappa shape index (κ3) is 8.77. The van der Waals surface area contributed by atoms with Gasteiger partial charge in [-0.1, -0.05) is 49.3 Å². The molecule has 2 unspecified atom stereocenters. The van der Waals surface area contributed by atoms with Gasteiger partial charge in [0.15, 0.2) is 0 Å². The third-order valence-corrected chi connectivity index (χ3v) is 5.49. The predicted octanol–water partition coefficient (Wildman–Crippen LogP) is 4.41. The largest absolute Gasteiger partial charge is 0.481 e. The standard InChI is InChI=1S/C26H32N4O5/c1-17(2)14-22(23-16-21(35-30-23)12-13-25(32)33)29-24(31)15-18-8-10-20(11-9-18)28-26(34)27-19-6-4-3-5-7-19/h3-11,17,21-22H,12-16H2,1-2H3,(H,29,31)(H,32,33)(H2,27,28,34). The van der Waals surface area contributed by atoms with Gasteiger partial charge in [-0.2, -0.15) is 0 Å². The van der Waals surface area contributed by atoms with Crippen molar-refractivity contribution < 1.29 is 24.3 Å². The van der Waals surface area contributed by atoms with Crippen LogP contribution in [0.4, 0.5) is 16.2 Å². The number of para-hydroxylation sites is 1. The molecule has 0 radical (unpaired) electrons. The Bertz CT molecular complexity index is 1040. The quantitative estimate of drug-likeness (QED) is 0.379. The lowest BCUT2D eigenvalue weighted by molar-refractivity contribution is -0.137. The van der Waals surface area contributed by atoms with E-state index < -0.39 is 5.97 Å². The number of hydrogen-bond donors (Lipinski definition) is 4. The van der Waals surface area contributed by atoms with Gasteiger partial charge in [0.05, 0.1) is 18.2 Å². The fraction of sp³-hybridized carbons (Fsp3) is 0.385. The van der Waals surface area contributed by atoms with E-state index in [4.69, 9.17) is 9.94 Å². The second-order valence-corrected chi connectivity index (χ2v) is 9.02. The summed E-state index contributed by atoms with van der Waals surface area (Å²) in [4.78, 5) is 41.1. The minimum absolute atomic E-state index is 0.0213. The van der Waals surface area contributed by atoms with Gasteiger partial charge in [0.1, 0.15) is 6.10 Å². The second-order valence-electron chi connectivity index (χ2n) is 9.02. The lowest BCUT2D eigenvalue weighted by Gasteiger charge is -2.20. The smallest absolute Gasteiger partial charge is 0.323 e. The van der Waals surface area contributed by atoms with Crippen LogP contribution in [0.15, 0.2) is 59.8 Å². The number of aliphatic carboxylic acids is 1. The van der Waals surface area contributed by atoms with Crippen molar-refractivity contribution in [1.29, 1.82) is 0 Å². The topological polar surface area (TPSA) is 129 Å². The van der Waals surface area contributed by atoms with Gasteiger partial charge >= 0.3 is 12.0 Å². The summed E-state index contributed by atoms with van der Waals surface area (Å²) >= 11 is 0. The van der Waals surface area contributed by atoms with Crippen molar-refractivity contribution in [2.24, 2.45) is 11.1 Å². The molecule has 0 fully saturated rings. The van der Waals surface area contributed by atoms with Crippen LogP contribution < -0.4 is 16.0 Å². The summed E-state index contributed by atoms with van der Waals surface area (Å²) < 4.78 is 0. The van der Waals surface area contributed by atoms with Crippen molar-refractivity contribution in [3.8, 4) is 0 Å². The first kappa shape index (κ1) is 25.7. The number of carboxylic acid groups (broad SMARTS) is 1. The minimum Gasteiger partial charge on any atom is -0.481 e. The molecule has 2 aromatic carbocycles. The number of carbonyl (C=O) groups is 3. The Morgan fingerprint density at radius 2 is 1.69 bits per heavy atom. The molecule has 35 heavy (non-hydrogen) atoms. The molecule has 4 N–H and O–H groups in total. The summed E-state index contributed by atoms with van der Waals surface area (Å²) in [7, 11) is 0. The highest BCUT2D eigenvalue weighted by Crippen LogP contribution is 2.21. The van der Waals surface area contributed by atoms with E-state index in [-0.39, 0.29) is 36.9 Å². The van der Waals surface area contributed by atoms with Gasteiger partial charge in [-0.25, -0.2) is 4.79 Å². The van der Waals surface area contributed by atoms with Gasteiger partial charge in [-0.15, -0.1) is 0 Å². The van der Waals surface area contributed by atoms with Crippen LogP contribution in [-0.4, -0.2) is 40.9 Å². The predicted molar refractivity (Wildman–Crippen MR) is 134 cm³/mol. The Kier molecular flexibility index (Phi) is 9.23. The number of nitrogens with zero attached hydrogens (tertiary/aromatic N) is 1. The molecular formula is C26H32N4O5. The molecule has 2 atom stereocenters. The molecule has 0 aliphatic carbocycles. The Labute approximate surface area is 204 Å². The molecule has 9 heteroatoms. The molecule has 0 aromatic heterocycles. The number of hydrogen-bond acceptors (Lipinski definition) is 5. The van der Waals surface area contributed by atoms with E-state index in [2.05, 4.69) is 35.0 Å². The molecule has 1 aliphatic heterocycles. The zero-order valence-corrected chi connectivity index (χ0v) is 20.0. The number of anilines is 2. The Morgan fingerprint density at radius 3 is 2.31 bits per heavy atom. The SMILES string of the molecule is CC(C)CC(NC(=O)Cc1ccc(NC(=O)Nc2ccccc2)cc1)C1=NOC(CCC(=O)O)C1. The van der Waals surface area contributed by atoms with E-state index in [0.29, 0.717) is 36.6 Å². The summed E-state index contributed by atoms with van der Waals surface area (Å²) in [6.07, 6.45) is 1.53. The van der Waals surface area contributed by atoms with Crippen LogP contribution in [0.3, 0.4) is 0 Å². The number of carboxylic acids is 1. The summed E-state index contributed by atoms with van der Waals surface area (Å²) in [5.41, 5.74) is 2.86. The molecule has 0 spiro atoms. The van der Waals surface area contributed by atoms with Crippen molar-refractivity contribution >= 4 is 35.0 Å². The number of benzene rings is 2. The van der Waals surface area contributed by atoms with Crippen molar-refractivity contribution in [3.05, 3.63) is 60.2 Å². The fourth-order valence-corrected chi connectivity index (χ4v) is 3.80. The number of oxime groups is 1. The minimum atomic E-state index is -0.868. The van der Waals surface area contributed by atoms with Crippen LogP contribution in [0.1, 0.15) is 45.1 Å². The lowest BCUT2D eigenvalue weighted by atomic mass is 9.95. The van der Waals surface area contributed by atoms with Gasteiger partial charge in [0.2, 0.25) is 5.91 Å². The summed E-state index contributed by atoms with van der Waals surface area (Å²) in [6, 6.07) is 15.6. The van der Waals surface area contributed by atoms with Crippen molar-refractivity contribution in [2.75, 3.05) is 10.6 Å².